The van der Waals surface area contributed by atoms with E-state index in [0.717, 1.165) is 95.5 Å². The lowest BCUT2D eigenvalue weighted by molar-refractivity contribution is -0.151. The molecule has 1 saturated heterocycles. The number of rotatable bonds is 7. The van der Waals surface area contributed by atoms with Gasteiger partial charge in [0.05, 0.1) is 12.8 Å². The number of halogens is 2. The molecule has 35 heavy (non-hydrogen) atoms. The number of ether oxygens (including phenoxy) is 1. The molecule has 4 rings (SSSR count). The van der Waals surface area contributed by atoms with Crippen molar-refractivity contribution < 1.29 is 14.3 Å². The van der Waals surface area contributed by atoms with Gasteiger partial charge in [0.25, 0.3) is 0 Å². The monoisotopic (exact) mass is 527 g/mol. The maximum atomic E-state index is 13.4. The average Bonchev–Trinajstić information content (AvgIpc) is 2.90. The van der Waals surface area contributed by atoms with Gasteiger partial charge in [-0.05, 0) is 37.8 Å². The van der Waals surface area contributed by atoms with Crippen LogP contribution in [0.5, 0.6) is 5.75 Å². The van der Waals surface area contributed by atoms with E-state index in [4.69, 9.17) is 4.74 Å². The van der Waals surface area contributed by atoms with Crippen molar-refractivity contribution in [1.82, 2.24) is 9.80 Å². The molecule has 1 heterocycles. The molecule has 198 valence electrons. The van der Waals surface area contributed by atoms with Crippen LogP contribution in [0.1, 0.15) is 64.2 Å². The molecule has 1 aromatic carbocycles. The van der Waals surface area contributed by atoms with Crippen LogP contribution in [0.3, 0.4) is 0 Å². The Kier molecular flexibility index (Phi) is 12.7. The minimum absolute atomic E-state index is 0. The van der Waals surface area contributed by atoms with E-state index < -0.39 is 0 Å². The van der Waals surface area contributed by atoms with Crippen LogP contribution < -0.4 is 9.64 Å². The second kappa shape index (κ2) is 14.9. The number of para-hydroxylation sites is 2. The van der Waals surface area contributed by atoms with Gasteiger partial charge in [0.1, 0.15) is 5.75 Å². The molecule has 0 aromatic heterocycles. The first-order valence-electron chi connectivity index (χ1n) is 13.1. The van der Waals surface area contributed by atoms with Crippen LogP contribution >= 0.6 is 24.8 Å². The van der Waals surface area contributed by atoms with Crippen LogP contribution in [-0.2, 0) is 9.59 Å². The molecule has 2 amide bonds. The molecule has 2 aliphatic carbocycles. The van der Waals surface area contributed by atoms with Crippen LogP contribution in [0.4, 0.5) is 5.69 Å². The Labute approximate surface area is 223 Å². The molecule has 2 saturated carbocycles. The SMILES string of the molecule is COc1ccccc1N1CCN(CCN(C(=O)C2CCCCC2)C(=O)C2CCCCC2)CC1.Cl.Cl. The van der Waals surface area contributed by atoms with Crippen LogP contribution in [0.2, 0.25) is 0 Å². The summed E-state index contributed by atoms with van der Waals surface area (Å²) in [5.74, 6) is 1.23. The van der Waals surface area contributed by atoms with Crippen LogP contribution in [0.15, 0.2) is 24.3 Å². The quantitative estimate of drug-likeness (QED) is 0.457. The molecule has 6 nitrogen and oxygen atoms in total. The molecule has 0 N–H and O–H groups in total. The van der Waals surface area contributed by atoms with Gasteiger partial charge in [0.15, 0.2) is 0 Å². The highest BCUT2D eigenvalue weighted by molar-refractivity contribution is 5.97. The zero-order valence-corrected chi connectivity index (χ0v) is 22.8. The van der Waals surface area contributed by atoms with Crippen LogP contribution in [0, 0.1) is 11.8 Å². The third kappa shape index (κ3) is 7.74. The number of hydrogen-bond acceptors (Lipinski definition) is 5. The van der Waals surface area contributed by atoms with E-state index in [1.807, 2.05) is 12.1 Å². The van der Waals surface area contributed by atoms with E-state index in [-0.39, 0.29) is 48.5 Å². The number of nitrogens with zero attached hydrogens (tertiary/aromatic N) is 3. The highest BCUT2D eigenvalue weighted by Gasteiger charge is 2.34. The summed E-state index contributed by atoms with van der Waals surface area (Å²) in [4.78, 5) is 33.3. The van der Waals surface area contributed by atoms with Gasteiger partial charge in [-0.2, -0.15) is 0 Å². The topological polar surface area (TPSA) is 53.1 Å². The predicted octanol–water partition coefficient (Wildman–Crippen LogP) is 5.18. The maximum absolute atomic E-state index is 13.4. The van der Waals surface area contributed by atoms with Crippen molar-refractivity contribution in [3.05, 3.63) is 24.3 Å². The van der Waals surface area contributed by atoms with Crippen molar-refractivity contribution in [2.24, 2.45) is 11.8 Å². The summed E-state index contributed by atoms with van der Waals surface area (Å²) in [5.41, 5.74) is 1.14. The summed E-state index contributed by atoms with van der Waals surface area (Å²) >= 11 is 0. The first-order chi connectivity index (χ1) is 16.2. The number of carbonyl (C=O) groups is 2. The van der Waals surface area contributed by atoms with E-state index in [1.165, 1.54) is 12.8 Å². The number of benzene rings is 1. The highest BCUT2D eigenvalue weighted by Crippen LogP contribution is 2.30. The Morgan fingerprint density at radius 2 is 1.34 bits per heavy atom. The molecule has 0 bridgehead atoms. The van der Waals surface area contributed by atoms with Gasteiger partial charge < -0.3 is 9.64 Å². The van der Waals surface area contributed by atoms with Crippen molar-refractivity contribution in [2.45, 2.75) is 64.2 Å². The Balaban J connectivity index is 0.00000216. The lowest BCUT2D eigenvalue weighted by atomic mass is 9.86. The summed E-state index contributed by atoms with van der Waals surface area (Å²) < 4.78 is 5.54. The summed E-state index contributed by atoms with van der Waals surface area (Å²) in [5, 5.41) is 0. The van der Waals surface area contributed by atoms with Crippen molar-refractivity contribution >= 4 is 42.3 Å². The summed E-state index contributed by atoms with van der Waals surface area (Å²) in [6, 6.07) is 8.17. The van der Waals surface area contributed by atoms with Crippen LogP contribution in [0.25, 0.3) is 0 Å². The molecule has 1 aliphatic heterocycles. The van der Waals surface area contributed by atoms with Gasteiger partial charge in [-0.1, -0.05) is 50.7 Å². The zero-order chi connectivity index (χ0) is 23.0. The number of carbonyl (C=O) groups excluding carboxylic acids is 2. The highest BCUT2D eigenvalue weighted by atomic mass is 35.5. The number of amides is 2. The number of piperazine rings is 1. The third-order valence-corrected chi connectivity index (χ3v) is 7.88. The predicted molar refractivity (Wildman–Crippen MR) is 146 cm³/mol. The van der Waals surface area contributed by atoms with Crippen molar-refractivity contribution in [1.29, 1.82) is 0 Å². The molecule has 0 spiro atoms. The minimum Gasteiger partial charge on any atom is -0.495 e. The zero-order valence-electron chi connectivity index (χ0n) is 21.2. The number of imide groups is 1. The molecule has 0 radical (unpaired) electrons. The molecular weight excluding hydrogens is 485 g/mol. The van der Waals surface area contributed by atoms with Gasteiger partial charge in [0, 0.05) is 51.1 Å². The normalized spacial score (nSPS) is 19.9. The summed E-state index contributed by atoms with van der Waals surface area (Å²) in [6.07, 6.45) is 10.7. The second-order valence-electron chi connectivity index (χ2n) is 10.00. The molecule has 0 atom stereocenters. The smallest absolute Gasteiger partial charge is 0.232 e. The van der Waals surface area contributed by atoms with Gasteiger partial charge >= 0.3 is 0 Å². The van der Waals surface area contributed by atoms with Crippen molar-refractivity contribution in [3.8, 4) is 5.75 Å². The first kappa shape index (κ1) is 29.7. The molecule has 0 unspecified atom stereocenters. The van der Waals surface area contributed by atoms with E-state index in [9.17, 15) is 9.59 Å². The van der Waals surface area contributed by atoms with E-state index >= 15 is 0 Å². The lowest BCUT2D eigenvalue weighted by Crippen LogP contribution is -2.51. The van der Waals surface area contributed by atoms with Gasteiger partial charge in [0.2, 0.25) is 11.8 Å². The third-order valence-electron chi connectivity index (χ3n) is 7.88. The second-order valence-corrected chi connectivity index (χ2v) is 10.00. The first-order valence-corrected chi connectivity index (χ1v) is 13.1. The summed E-state index contributed by atoms with van der Waals surface area (Å²) in [7, 11) is 1.72. The summed E-state index contributed by atoms with van der Waals surface area (Å²) in [6.45, 7) is 5.03. The average molecular weight is 529 g/mol. The largest absolute Gasteiger partial charge is 0.495 e. The Hall–Kier alpha value is -1.50. The standard InChI is InChI=1S/C27H41N3O3.2ClH/c1-33-25-15-9-8-14-24(25)29-19-16-28(17-20-29)18-21-30(26(31)22-10-4-2-5-11-22)27(32)23-12-6-3-7-13-23;;/h8-9,14-15,22-23H,2-7,10-13,16-21H2,1H3;2*1H. The fourth-order valence-corrected chi connectivity index (χ4v) is 5.81. The number of methoxy groups -OCH3 is 1. The maximum Gasteiger partial charge on any atom is 0.232 e. The Morgan fingerprint density at radius 3 is 1.86 bits per heavy atom. The molecule has 3 aliphatic rings. The van der Waals surface area contributed by atoms with Gasteiger partial charge in [-0.3, -0.25) is 19.4 Å². The Morgan fingerprint density at radius 1 is 0.829 bits per heavy atom. The fourth-order valence-electron chi connectivity index (χ4n) is 5.81. The van der Waals surface area contributed by atoms with Gasteiger partial charge in [-0.25, -0.2) is 0 Å². The van der Waals surface area contributed by atoms with Crippen molar-refractivity contribution in [3.63, 3.8) is 0 Å². The lowest BCUT2D eigenvalue weighted by Gasteiger charge is -2.38. The molecule has 3 fully saturated rings. The molecule has 8 heteroatoms. The van der Waals surface area contributed by atoms with Gasteiger partial charge in [-0.15, -0.1) is 24.8 Å². The fraction of sp³-hybridized carbons (Fsp3) is 0.704. The van der Waals surface area contributed by atoms with Crippen LogP contribution in [-0.4, -0.2) is 68.0 Å². The molecular formula is C27H43Cl2N3O3. The molecule has 1 aromatic rings. The van der Waals surface area contributed by atoms with Crippen molar-refractivity contribution in [2.75, 3.05) is 51.3 Å². The number of hydrogen-bond donors (Lipinski definition) is 0. The van der Waals surface area contributed by atoms with E-state index in [0.29, 0.717) is 6.54 Å². The van der Waals surface area contributed by atoms with E-state index in [1.54, 1.807) is 12.0 Å². The minimum atomic E-state index is 0. The Bertz CT molecular complexity index is 760. The number of anilines is 1. The van der Waals surface area contributed by atoms with E-state index in [2.05, 4.69) is 21.9 Å².